The van der Waals surface area contributed by atoms with Gasteiger partial charge < -0.3 is 14.8 Å². The molecule has 0 radical (unpaired) electrons. The maximum Gasteiger partial charge on any atom is 0.418 e. The topological polar surface area (TPSA) is 30.5 Å². The minimum Gasteiger partial charge on any atom is -0.497 e. The van der Waals surface area contributed by atoms with Gasteiger partial charge in [-0.3, -0.25) is 0 Å². The summed E-state index contributed by atoms with van der Waals surface area (Å²) in [5.41, 5.74) is -0.673. The first kappa shape index (κ1) is 15.6. The van der Waals surface area contributed by atoms with Crippen molar-refractivity contribution in [1.29, 1.82) is 0 Å². The highest BCUT2D eigenvalue weighted by molar-refractivity contribution is 5.55. The molecule has 0 amide bonds. The molecule has 0 saturated heterocycles. The first-order valence-electron chi connectivity index (χ1n) is 5.86. The Morgan fingerprint density at radius 1 is 1.26 bits per heavy atom. The van der Waals surface area contributed by atoms with Crippen LogP contribution in [0.1, 0.15) is 12.5 Å². The van der Waals surface area contributed by atoms with Crippen LogP contribution in [-0.2, 0) is 10.9 Å². The van der Waals surface area contributed by atoms with Gasteiger partial charge in [-0.15, -0.1) is 0 Å². The van der Waals surface area contributed by atoms with Gasteiger partial charge in [-0.1, -0.05) is 6.92 Å². The average Bonchev–Trinajstić information content (AvgIpc) is 2.35. The smallest absolute Gasteiger partial charge is 0.418 e. The number of hydrogen-bond acceptors (Lipinski definition) is 3. The summed E-state index contributed by atoms with van der Waals surface area (Å²) in [7, 11) is 2.90. The van der Waals surface area contributed by atoms with Gasteiger partial charge in [0.05, 0.1) is 19.3 Å². The second kappa shape index (κ2) is 6.65. The minimum atomic E-state index is -4.42. The van der Waals surface area contributed by atoms with Crippen molar-refractivity contribution in [2.24, 2.45) is 5.92 Å². The van der Waals surface area contributed by atoms with Crippen molar-refractivity contribution in [2.75, 3.05) is 32.7 Å². The monoisotopic (exact) mass is 277 g/mol. The predicted molar refractivity (Wildman–Crippen MR) is 67.5 cm³/mol. The van der Waals surface area contributed by atoms with E-state index >= 15 is 0 Å². The van der Waals surface area contributed by atoms with E-state index in [1.165, 1.54) is 19.2 Å². The van der Waals surface area contributed by atoms with Gasteiger partial charge in [-0.25, -0.2) is 0 Å². The molecule has 1 atom stereocenters. The van der Waals surface area contributed by atoms with Gasteiger partial charge in [0.1, 0.15) is 5.75 Å². The first-order chi connectivity index (χ1) is 8.88. The largest absolute Gasteiger partial charge is 0.497 e. The molecule has 0 saturated carbocycles. The zero-order valence-electron chi connectivity index (χ0n) is 11.2. The molecule has 0 aromatic heterocycles. The number of benzene rings is 1. The van der Waals surface area contributed by atoms with E-state index < -0.39 is 11.7 Å². The third-order valence-corrected chi connectivity index (χ3v) is 2.62. The Morgan fingerprint density at radius 3 is 2.47 bits per heavy atom. The van der Waals surface area contributed by atoms with E-state index in [4.69, 9.17) is 9.47 Å². The summed E-state index contributed by atoms with van der Waals surface area (Å²) in [5.74, 6) is 0.302. The second-order valence-corrected chi connectivity index (χ2v) is 4.35. The number of methoxy groups -OCH3 is 2. The standard InChI is InChI=1S/C13H18F3NO2/c1-9(8-18-2)7-17-12-5-4-10(19-3)6-11(12)13(14,15)16/h4-6,9,17H,7-8H2,1-3H3. The Kier molecular flexibility index (Phi) is 5.47. The van der Waals surface area contributed by atoms with Crippen LogP contribution in [0.25, 0.3) is 0 Å². The van der Waals surface area contributed by atoms with Crippen LogP contribution >= 0.6 is 0 Å². The van der Waals surface area contributed by atoms with Gasteiger partial charge in [0.15, 0.2) is 0 Å². The van der Waals surface area contributed by atoms with Crippen molar-refractivity contribution in [2.45, 2.75) is 13.1 Å². The molecule has 0 fully saturated rings. The van der Waals surface area contributed by atoms with Crippen molar-refractivity contribution in [3.63, 3.8) is 0 Å². The summed E-state index contributed by atoms with van der Waals surface area (Å²) in [4.78, 5) is 0. The van der Waals surface area contributed by atoms with Crippen LogP contribution in [0.15, 0.2) is 18.2 Å². The number of alkyl halides is 3. The average molecular weight is 277 g/mol. The van der Waals surface area contributed by atoms with Crippen LogP contribution in [0.3, 0.4) is 0 Å². The van der Waals surface area contributed by atoms with E-state index in [9.17, 15) is 13.2 Å². The first-order valence-corrected chi connectivity index (χ1v) is 5.86. The van der Waals surface area contributed by atoms with Crippen LogP contribution in [0.5, 0.6) is 5.75 Å². The Bertz CT molecular complexity index is 407. The maximum atomic E-state index is 12.9. The lowest BCUT2D eigenvalue weighted by Gasteiger charge is -2.18. The molecule has 108 valence electrons. The Hall–Kier alpha value is -1.43. The van der Waals surface area contributed by atoms with E-state index in [-0.39, 0.29) is 17.4 Å². The highest BCUT2D eigenvalue weighted by atomic mass is 19.4. The van der Waals surface area contributed by atoms with E-state index in [2.05, 4.69) is 5.32 Å². The summed E-state index contributed by atoms with van der Waals surface area (Å²) >= 11 is 0. The Morgan fingerprint density at radius 2 is 1.95 bits per heavy atom. The normalized spacial score (nSPS) is 13.2. The minimum absolute atomic E-state index is 0.0521. The summed E-state index contributed by atoms with van der Waals surface area (Å²) in [5, 5.41) is 2.80. The van der Waals surface area contributed by atoms with Gasteiger partial charge in [0.2, 0.25) is 0 Å². The molecule has 0 aliphatic heterocycles. The van der Waals surface area contributed by atoms with Crippen molar-refractivity contribution in [3.8, 4) is 5.75 Å². The molecule has 6 heteroatoms. The molecule has 3 nitrogen and oxygen atoms in total. The molecule has 1 rings (SSSR count). The summed E-state index contributed by atoms with van der Waals surface area (Å²) in [6.07, 6.45) is -4.42. The van der Waals surface area contributed by atoms with Gasteiger partial charge in [-0.2, -0.15) is 13.2 Å². The quantitative estimate of drug-likeness (QED) is 0.864. The van der Waals surface area contributed by atoms with Crippen molar-refractivity contribution < 1.29 is 22.6 Å². The number of halogens is 3. The van der Waals surface area contributed by atoms with Gasteiger partial charge >= 0.3 is 6.18 Å². The molecule has 0 aliphatic rings. The molecule has 1 aromatic rings. The van der Waals surface area contributed by atoms with Crippen LogP contribution in [0.2, 0.25) is 0 Å². The lowest BCUT2D eigenvalue weighted by atomic mass is 10.1. The lowest BCUT2D eigenvalue weighted by molar-refractivity contribution is -0.137. The third kappa shape index (κ3) is 4.63. The van der Waals surface area contributed by atoms with Crippen LogP contribution < -0.4 is 10.1 Å². The Balaban J connectivity index is 2.87. The predicted octanol–water partition coefficient (Wildman–Crippen LogP) is 3.41. The number of hydrogen-bond donors (Lipinski definition) is 1. The zero-order valence-corrected chi connectivity index (χ0v) is 11.2. The van der Waals surface area contributed by atoms with Crippen LogP contribution in [0, 0.1) is 5.92 Å². The fourth-order valence-corrected chi connectivity index (χ4v) is 1.67. The van der Waals surface area contributed by atoms with Crippen LogP contribution in [0.4, 0.5) is 18.9 Å². The number of anilines is 1. The van der Waals surface area contributed by atoms with Crippen molar-refractivity contribution in [3.05, 3.63) is 23.8 Å². The molecular weight excluding hydrogens is 259 g/mol. The summed E-state index contributed by atoms with van der Waals surface area (Å²) in [6.45, 7) is 2.79. The van der Waals surface area contributed by atoms with Gasteiger partial charge in [-0.05, 0) is 24.1 Å². The second-order valence-electron chi connectivity index (χ2n) is 4.35. The number of ether oxygens (including phenoxy) is 2. The molecule has 19 heavy (non-hydrogen) atoms. The van der Waals surface area contributed by atoms with Gasteiger partial charge in [0.25, 0.3) is 0 Å². The molecular formula is C13H18F3NO2. The maximum absolute atomic E-state index is 12.9. The van der Waals surface area contributed by atoms with E-state index in [0.29, 0.717) is 13.2 Å². The molecule has 0 spiro atoms. The SMILES string of the molecule is COCC(C)CNc1ccc(OC)cc1C(F)(F)F. The highest BCUT2D eigenvalue weighted by Crippen LogP contribution is 2.37. The summed E-state index contributed by atoms with van der Waals surface area (Å²) < 4.78 is 48.5. The van der Waals surface area contributed by atoms with Crippen molar-refractivity contribution in [1.82, 2.24) is 0 Å². The van der Waals surface area contributed by atoms with Crippen molar-refractivity contribution >= 4 is 5.69 Å². The molecule has 0 aliphatic carbocycles. The molecule has 1 N–H and O–H groups in total. The van der Waals surface area contributed by atoms with E-state index in [0.717, 1.165) is 6.07 Å². The van der Waals surface area contributed by atoms with Crippen LogP contribution in [-0.4, -0.2) is 27.4 Å². The summed E-state index contributed by atoms with van der Waals surface area (Å²) in [6, 6.07) is 3.86. The third-order valence-electron chi connectivity index (χ3n) is 2.62. The number of nitrogens with one attached hydrogen (secondary N) is 1. The van der Waals surface area contributed by atoms with E-state index in [1.807, 2.05) is 6.92 Å². The zero-order chi connectivity index (χ0) is 14.5. The number of rotatable bonds is 6. The van der Waals surface area contributed by atoms with E-state index in [1.54, 1.807) is 7.11 Å². The fourth-order valence-electron chi connectivity index (χ4n) is 1.67. The fraction of sp³-hybridized carbons (Fsp3) is 0.538. The molecule has 1 unspecified atom stereocenters. The molecule has 0 bridgehead atoms. The molecule has 1 aromatic carbocycles. The lowest BCUT2D eigenvalue weighted by Crippen LogP contribution is -2.18. The molecule has 0 heterocycles. The Labute approximate surface area is 110 Å². The highest BCUT2D eigenvalue weighted by Gasteiger charge is 2.34. The van der Waals surface area contributed by atoms with Gasteiger partial charge in [0, 0.05) is 19.3 Å².